The first-order valence-corrected chi connectivity index (χ1v) is 2.06. The molecule has 0 aromatic carbocycles. The maximum Gasteiger partial charge on any atom is 0.0809 e. The van der Waals surface area contributed by atoms with Gasteiger partial charge in [-0.2, -0.15) is 0 Å². The quantitative estimate of drug-likeness (QED) is 0.323. The van der Waals surface area contributed by atoms with Crippen LogP contribution in [-0.4, -0.2) is 29.5 Å². The lowest BCUT2D eigenvalue weighted by Gasteiger charge is -2.02. The molecule has 0 aromatic rings. The summed E-state index contributed by atoms with van der Waals surface area (Å²) in [7, 11) is 0. The molecule has 0 saturated carbocycles. The maximum absolute atomic E-state index is 8.51. The van der Waals surface area contributed by atoms with Gasteiger partial charge >= 0.3 is 0 Å². The molecule has 0 aliphatic carbocycles. The zero-order chi connectivity index (χ0) is 5.70. The second kappa shape index (κ2) is 4.01. The summed E-state index contributed by atoms with van der Waals surface area (Å²) < 4.78 is 0. The molecule has 4 nitrogen and oxygen atoms in total. The van der Waals surface area contributed by atoms with Crippen LogP contribution in [0.5, 0.6) is 0 Å². The van der Waals surface area contributed by atoms with Crippen LogP contribution in [0, 0.1) is 0 Å². The van der Waals surface area contributed by atoms with E-state index in [2.05, 4.69) is 0 Å². The summed E-state index contributed by atoms with van der Waals surface area (Å²) in [5.74, 6) is 0. The fraction of sp³-hybridized carbons (Fsp3) is 1.00. The molecule has 0 bridgehead atoms. The van der Waals surface area contributed by atoms with Gasteiger partial charge in [0.05, 0.1) is 6.10 Å². The highest BCUT2D eigenvalue weighted by Crippen LogP contribution is 1.69. The van der Waals surface area contributed by atoms with Gasteiger partial charge in [-0.1, -0.05) is 0 Å². The molecule has 0 fully saturated rings. The Morgan fingerprint density at radius 3 is 2.43 bits per heavy atom. The lowest BCUT2D eigenvalue weighted by atomic mass is 10.4. The van der Waals surface area contributed by atoms with Crippen molar-refractivity contribution in [3.05, 3.63) is 0 Å². The molecule has 0 radical (unpaired) electrons. The molecule has 0 spiro atoms. The highest BCUT2D eigenvalue weighted by Gasteiger charge is 1.95. The lowest BCUT2D eigenvalue weighted by Crippen LogP contribution is -2.30. The molecule has 0 aliphatic heterocycles. The first kappa shape index (κ1) is 6.84. The fourth-order valence-corrected chi connectivity index (χ4v) is 0.189. The van der Waals surface area contributed by atoms with Crippen molar-refractivity contribution in [3.63, 3.8) is 0 Å². The number of aliphatic hydroxyl groups is 1. The highest BCUT2D eigenvalue weighted by atomic mass is 16.5. The number of rotatable bonds is 3. The van der Waals surface area contributed by atoms with Crippen LogP contribution in [-0.2, 0) is 0 Å². The molecule has 0 saturated heterocycles. The van der Waals surface area contributed by atoms with Gasteiger partial charge in [0.15, 0.2) is 0 Å². The summed E-state index contributed by atoms with van der Waals surface area (Å²) in [6, 6.07) is 0. The first-order valence-electron chi connectivity index (χ1n) is 2.06. The normalized spacial score (nSPS) is 14.1. The van der Waals surface area contributed by atoms with Crippen LogP contribution < -0.4 is 11.2 Å². The van der Waals surface area contributed by atoms with Gasteiger partial charge in [0.25, 0.3) is 0 Å². The number of hydroxylamine groups is 1. The standard InChI is InChI=1S/C3H10N2O2/c4-1-3(6)2-5-7/h3,5-7H,1-2,4H2. The third kappa shape index (κ3) is 3.68. The van der Waals surface area contributed by atoms with Crippen LogP contribution in [0.1, 0.15) is 0 Å². The summed E-state index contributed by atoms with van der Waals surface area (Å²) >= 11 is 0. The van der Waals surface area contributed by atoms with E-state index in [1.165, 1.54) is 0 Å². The molecule has 0 rings (SSSR count). The Balaban J connectivity index is 2.83. The van der Waals surface area contributed by atoms with Crippen LogP contribution in [0.4, 0.5) is 0 Å². The zero-order valence-electron chi connectivity index (χ0n) is 3.96. The average Bonchev–Trinajstić information content (AvgIpc) is 1.68. The van der Waals surface area contributed by atoms with E-state index in [0.717, 1.165) is 0 Å². The maximum atomic E-state index is 8.51. The van der Waals surface area contributed by atoms with Crippen LogP contribution in [0.2, 0.25) is 0 Å². The number of aliphatic hydroxyl groups excluding tert-OH is 1. The minimum atomic E-state index is -0.634. The van der Waals surface area contributed by atoms with Crippen molar-refractivity contribution >= 4 is 0 Å². The largest absolute Gasteiger partial charge is 0.390 e. The molecule has 7 heavy (non-hydrogen) atoms. The van der Waals surface area contributed by atoms with Crippen LogP contribution >= 0.6 is 0 Å². The Bertz CT molecular complexity index is 41.9. The molecule has 44 valence electrons. The van der Waals surface area contributed by atoms with Crippen molar-refractivity contribution in [3.8, 4) is 0 Å². The van der Waals surface area contributed by atoms with Gasteiger partial charge in [-0.3, -0.25) is 0 Å². The summed E-state index contributed by atoms with van der Waals surface area (Å²) in [6.45, 7) is 0.310. The Morgan fingerprint density at radius 1 is 1.71 bits per heavy atom. The van der Waals surface area contributed by atoms with Crippen molar-refractivity contribution in [2.75, 3.05) is 13.1 Å². The monoisotopic (exact) mass is 106 g/mol. The number of hydrogen-bond acceptors (Lipinski definition) is 4. The van der Waals surface area contributed by atoms with Gasteiger partial charge in [-0.05, 0) is 0 Å². The average molecular weight is 106 g/mol. The second-order valence-electron chi connectivity index (χ2n) is 1.25. The fourth-order valence-electron chi connectivity index (χ4n) is 0.189. The van der Waals surface area contributed by atoms with Gasteiger partial charge in [0, 0.05) is 13.1 Å². The van der Waals surface area contributed by atoms with E-state index in [1.54, 1.807) is 5.48 Å². The van der Waals surface area contributed by atoms with Crippen molar-refractivity contribution < 1.29 is 10.3 Å². The summed E-state index contributed by atoms with van der Waals surface area (Å²) in [6.07, 6.45) is -0.634. The molecule has 0 aliphatic rings. The molecule has 0 aromatic heterocycles. The molecular weight excluding hydrogens is 96.0 g/mol. The van der Waals surface area contributed by atoms with Crippen LogP contribution in [0.15, 0.2) is 0 Å². The Labute approximate surface area is 41.9 Å². The van der Waals surface area contributed by atoms with Gasteiger partial charge in [0.1, 0.15) is 0 Å². The topological polar surface area (TPSA) is 78.5 Å². The molecule has 0 heterocycles. The minimum Gasteiger partial charge on any atom is -0.390 e. The minimum absolute atomic E-state index is 0.135. The molecule has 4 heteroatoms. The van der Waals surface area contributed by atoms with E-state index in [-0.39, 0.29) is 13.1 Å². The van der Waals surface area contributed by atoms with Gasteiger partial charge in [0.2, 0.25) is 0 Å². The lowest BCUT2D eigenvalue weighted by molar-refractivity contribution is 0.0963. The Morgan fingerprint density at radius 2 is 2.29 bits per heavy atom. The molecule has 0 amide bonds. The van der Waals surface area contributed by atoms with Crippen molar-refractivity contribution in [1.29, 1.82) is 0 Å². The van der Waals surface area contributed by atoms with E-state index in [0.29, 0.717) is 0 Å². The number of hydrogen-bond donors (Lipinski definition) is 4. The molecule has 1 atom stereocenters. The zero-order valence-corrected chi connectivity index (χ0v) is 3.96. The predicted molar refractivity (Wildman–Crippen MR) is 24.9 cm³/mol. The van der Waals surface area contributed by atoms with Gasteiger partial charge in [-0.15, -0.1) is 0 Å². The van der Waals surface area contributed by atoms with E-state index in [4.69, 9.17) is 16.0 Å². The third-order valence-corrected chi connectivity index (χ3v) is 0.599. The predicted octanol–water partition coefficient (Wildman–Crippen LogP) is -1.72. The Kier molecular flexibility index (Phi) is 3.92. The van der Waals surface area contributed by atoms with Crippen molar-refractivity contribution in [2.45, 2.75) is 6.10 Å². The second-order valence-corrected chi connectivity index (χ2v) is 1.25. The van der Waals surface area contributed by atoms with E-state index >= 15 is 0 Å². The smallest absolute Gasteiger partial charge is 0.0809 e. The summed E-state index contributed by atoms with van der Waals surface area (Å²) in [5.41, 5.74) is 6.75. The van der Waals surface area contributed by atoms with Crippen molar-refractivity contribution in [2.24, 2.45) is 5.73 Å². The van der Waals surface area contributed by atoms with Gasteiger partial charge < -0.3 is 16.0 Å². The summed E-state index contributed by atoms with van der Waals surface area (Å²) in [4.78, 5) is 0. The highest BCUT2D eigenvalue weighted by molar-refractivity contribution is 4.53. The van der Waals surface area contributed by atoms with Crippen molar-refractivity contribution in [1.82, 2.24) is 5.48 Å². The van der Waals surface area contributed by atoms with Crippen LogP contribution in [0.3, 0.4) is 0 Å². The Hall–Kier alpha value is -0.160. The molecule has 5 N–H and O–H groups in total. The first-order chi connectivity index (χ1) is 3.31. The number of nitrogens with one attached hydrogen (secondary N) is 1. The molecule has 1 unspecified atom stereocenters. The third-order valence-electron chi connectivity index (χ3n) is 0.599. The number of nitrogens with two attached hydrogens (primary N) is 1. The SMILES string of the molecule is NCC(O)CNO. The van der Waals surface area contributed by atoms with E-state index in [1.807, 2.05) is 0 Å². The van der Waals surface area contributed by atoms with Crippen LogP contribution in [0.25, 0.3) is 0 Å². The van der Waals surface area contributed by atoms with Gasteiger partial charge in [-0.25, -0.2) is 5.48 Å². The summed E-state index contributed by atoms with van der Waals surface area (Å²) in [5, 5.41) is 16.4. The van der Waals surface area contributed by atoms with E-state index < -0.39 is 6.10 Å². The van der Waals surface area contributed by atoms with E-state index in [9.17, 15) is 0 Å². The molecular formula is C3H10N2O2.